The quantitative estimate of drug-likeness (QED) is 0.801. The molecule has 2 nitrogen and oxygen atoms in total. The highest BCUT2D eigenvalue weighted by Gasteiger charge is 2.12. The van der Waals surface area contributed by atoms with Crippen molar-refractivity contribution >= 4 is 0 Å². The number of halogens is 2. The van der Waals surface area contributed by atoms with Gasteiger partial charge in [-0.25, -0.2) is 8.78 Å². The second kappa shape index (κ2) is 7.29. The van der Waals surface area contributed by atoms with Gasteiger partial charge < -0.3 is 10.4 Å². The molecule has 0 saturated carbocycles. The number of nitrogens with one attached hydrogen (secondary N) is 1. The van der Waals surface area contributed by atoms with Gasteiger partial charge in [0, 0.05) is 18.2 Å². The van der Waals surface area contributed by atoms with Crippen LogP contribution in [0.3, 0.4) is 0 Å². The van der Waals surface area contributed by atoms with Gasteiger partial charge in [0.15, 0.2) is 0 Å². The molecule has 0 aliphatic heterocycles. The van der Waals surface area contributed by atoms with Crippen molar-refractivity contribution in [2.45, 2.75) is 19.4 Å². The zero-order chi connectivity index (χ0) is 15.2. The largest absolute Gasteiger partial charge is 0.387 e. The molecule has 1 unspecified atom stereocenters. The van der Waals surface area contributed by atoms with E-state index in [1.54, 1.807) is 0 Å². The van der Waals surface area contributed by atoms with E-state index in [0.29, 0.717) is 6.54 Å². The van der Waals surface area contributed by atoms with Crippen LogP contribution >= 0.6 is 0 Å². The van der Waals surface area contributed by atoms with Gasteiger partial charge in [-0.1, -0.05) is 35.9 Å². The lowest BCUT2D eigenvalue weighted by Gasteiger charge is -2.13. The third kappa shape index (κ3) is 4.62. The number of aliphatic hydroxyl groups is 1. The van der Waals surface area contributed by atoms with Crippen LogP contribution in [0, 0.1) is 18.6 Å². The van der Waals surface area contributed by atoms with Crippen molar-refractivity contribution < 1.29 is 13.9 Å². The standard InChI is InChI=1S/C17H19F2NO/c1-12-3-2-4-13(9-12)7-8-20-11-17(21)15-6-5-14(18)10-16(15)19/h2-6,9-10,17,20-21H,7-8,11H2,1H3. The average Bonchev–Trinajstić information content (AvgIpc) is 2.43. The molecule has 2 N–H and O–H groups in total. The fourth-order valence-electron chi connectivity index (χ4n) is 2.22. The number of hydrogen-bond acceptors (Lipinski definition) is 2. The highest BCUT2D eigenvalue weighted by atomic mass is 19.1. The summed E-state index contributed by atoms with van der Waals surface area (Å²) in [7, 11) is 0. The normalized spacial score (nSPS) is 12.4. The van der Waals surface area contributed by atoms with Crippen LogP contribution in [0.4, 0.5) is 8.78 Å². The van der Waals surface area contributed by atoms with Crippen LogP contribution in [0.25, 0.3) is 0 Å². The smallest absolute Gasteiger partial charge is 0.131 e. The Balaban J connectivity index is 1.80. The minimum Gasteiger partial charge on any atom is -0.387 e. The second-order valence-electron chi connectivity index (χ2n) is 5.12. The Labute approximate surface area is 123 Å². The lowest BCUT2D eigenvalue weighted by atomic mass is 10.1. The van der Waals surface area contributed by atoms with E-state index in [4.69, 9.17) is 0 Å². The molecular formula is C17H19F2NO. The molecule has 0 fully saturated rings. The molecule has 2 aromatic carbocycles. The molecule has 0 spiro atoms. The van der Waals surface area contributed by atoms with E-state index in [9.17, 15) is 13.9 Å². The first-order chi connectivity index (χ1) is 10.1. The van der Waals surface area contributed by atoms with Crippen LogP contribution in [0.5, 0.6) is 0 Å². The van der Waals surface area contributed by atoms with E-state index in [1.165, 1.54) is 17.2 Å². The molecule has 21 heavy (non-hydrogen) atoms. The first-order valence-electron chi connectivity index (χ1n) is 6.95. The van der Waals surface area contributed by atoms with Crippen molar-refractivity contribution in [3.8, 4) is 0 Å². The zero-order valence-corrected chi connectivity index (χ0v) is 11.9. The van der Waals surface area contributed by atoms with E-state index in [2.05, 4.69) is 11.4 Å². The molecule has 112 valence electrons. The van der Waals surface area contributed by atoms with Crippen LogP contribution in [0.1, 0.15) is 22.8 Å². The molecule has 0 saturated heterocycles. The minimum absolute atomic E-state index is 0.111. The van der Waals surface area contributed by atoms with E-state index in [0.717, 1.165) is 18.6 Å². The Morgan fingerprint density at radius 2 is 1.95 bits per heavy atom. The molecule has 0 aromatic heterocycles. The fraction of sp³-hybridized carbons (Fsp3) is 0.294. The van der Waals surface area contributed by atoms with E-state index in [1.807, 2.05) is 25.1 Å². The molecule has 0 radical (unpaired) electrons. The van der Waals surface area contributed by atoms with Gasteiger partial charge in [-0.05, 0) is 31.5 Å². The van der Waals surface area contributed by atoms with Gasteiger partial charge in [0.1, 0.15) is 11.6 Å². The molecule has 0 aliphatic carbocycles. The summed E-state index contributed by atoms with van der Waals surface area (Å²) in [6.07, 6.45) is -0.150. The second-order valence-corrected chi connectivity index (χ2v) is 5.12. The zero-order valence-electron chi connectivity index (χ0n) is 11.9. The molecule has 2 rings (SSSR count). The summed E-state index contributed by atoms with van der Waals surface area (Å²) in [4.78, 5) is 0. The minimum atomic E-state index is -0.983. The Hall–Kier alpha value is -1.78. The molecule has 0 heterocycles. The van der Waals surface area contributed by atoms with Gasteiger partial charge in [-0.15, -0.1) is 0 Å². The van der Waals surface area contributed by atoms with E-state index in [-0.39, 0.29) is 12.1 Å². The number of aliphatic hydroxyl groups excluding tert-OH is 1. The van der Waals surface area contributed by atoms with Crippen LogP contribution in [-0.4, -0.2) is 18.2 Å². The van der Waals surface area contributed by atoms with E-state index < -0.39 is 17.7 Å². The maximum Gasteiger partial charge on any atom is 0.131 e. The monoisotopic (exact) mass is 291 g/mol. The predicted octanol–water partition coefficient (Wildman–Crippen LogP) is 3.14. The molecular weight excluding hydrogens is 272 g/mol. The number of hydrogen-bond donors (Lipinski definition) is 2. The summed E-state index contributed by atoms with van der Waals surface area (Å²) >= 11 is 0. The van der Waals surface area contributed by atoms with Crippen molar-refractivity contribution in [2.75, 3.05) is 13.1 Å². The fourth-order valence-corrected chi connectivity index (χ4v) is 2.22. The Morgan fingerprint density at radius 1 is 1.14 bits per heavy atom. The summed E-state index contributed by atoms with van der Waals surface area (Å²) < 4.78 is 26.3. The molecule has 2 aromatic rings. The molecule has 0 amide bonds. The van der Waals surface area contributed by atoms with Crippen LogP contribution in [0.2, 0.25) is 0 Å². The lowest BCUT2D eigenvalue weighted by molar-refractivity contribution is 0.170. The van der Waals surface area contributed by atoms with Crippen molar-refractivity contribution in [2.24, 2.45) is 0 Å². The van der Waals surface area contributed by atoms with E-state index >= 15 is 0 Å². The number of aryl methyl sites for hydroxylation is 1. The van der Waals surface area contributed by atoms with Gasteiger partial charge in [-0.3, -0.25) is 0 Å². The van der Waals surface area contributed by atoms with Crippen LogP contribution in [-0.2, 0) is 6.42 Å². The Bertz CT molecular complexity index is 601. The Morgan fingerprint density at radius 3 is 2.67 bits per heavy atom. The van der Waals surface area contributed by atoms with Crippen molar-refractivity contribution in [3.63, 3.8) is 0 Å². The topological polar surface area (TPSA) is 32.3 Å². The third-order valence-electron chi connectivity index (χ3n) is 3.33. The van der Waals surface area contributed by atoms with Crippen molar-refractivity contribution in [1.82, 2.24) is 5.32 Å². The molecule has 1 atom stereocenters. The van der Waals surface area contributed by atoms with Gasteiger partial charge in [0.2, 0.25) is 0 Å². The summed E-state index contributed by atoms with van der Waals surface area (Å²) in [5.41, 5.74) is 2.53. The van der Waals surface area contributed by atoms with Gasteiger partial charge in [0.05, 0.1) is 6.10 Å². The van der Waals surface area contributed by atoms with Crippen molar-refractivity contribution in [1.29, 1.82) is 0 Å². The summed E-state index contributed by atoms with van der Waals surface area (Å²) in [5, 5.41) is 13.0. The van der Waals surface area contributed by atoms with Gasteiger partial charge in [0.25, 0.3) is 0 Å². The van der Waals surface area contributed by atoms with Crippen LogP contribution in [0.15, 0.2) is 42.5 Å². The maximum atomic E-state index is 13.5. The third-order valence-corrected chi connectivity index (χ3v) is 3.33. The summed E-state index contributed by atoms with van der Waals surface area (Å²) in [6.45, 7) is 2.95. The SMILES string of the molecule is Cc1cccc(CCNCC(O)c2ccc(F)cc2F)c1. The lowest BCUT2D eigenvalue weighted by Crippen LogP contribution is -2.24. The summed E-state index contributed by atoms with van der Waals surface area (Å²) in [6, 6.07) is 11.4. The predicted molar refractivity (Wildman–Crippen MR) is 79.1 cm³/mol. The average molecular weight is 291 g/mol. The first-order valence-corrected chi connectivity index (χ1v) is 6.95. The van der Waals surface area contributed by atoms with Gasteiger partial charge >= 0.3 is 0 Å². The highest BCUT2D eigenvalue weighted by Crippen LogP contribution is 2.17. The summed E-state index contributed by atoms with van der Waals surface area (Å²) in [5.74, 6) is -1.36. The van der Waals surface area contributed by atoms with Crippen molar-refractivity contribution in [3.05, 3.63) is 70.8 Å². The Kier molecular flexibility index (Phi) is 5.42. The van der Waals surface area contributed by atoms with Crippen LogP contribution < -0.4 is 5.32 Å². The first kappa shape index (κ1) is 15.6. The molecule has 4 heteroatoms. The highest BCUT2D eigenvalue weighted by molar-refractivity contribution is 5.23. The molecule has 0 aliphatic rings. The number of benzene rings is 2. The van der Waals surface area contributed by atoms with Gasteiger partial charge in [-0.2, -0.15) is 0 Å². The number of rotatable bonds is 6. The maximum absolute atomic E-state index is 13.5. The molecule has 0 bridgehead atoms.